The van der Waals surface area contributed by atoms with E-state index in [0.29, 0.717) is 0 Å². The highest BCUT2D eigenvalue weighted by Gasteiger charge is 1.98. The molecule has 0 spiro atoms. The van der Waals surface area contributed by atoms with Crippen LogP contribution >= 0.6 is 0 Å². The van der Waals surface area contributed by atoms with Gasteiger partial charge < -0.3 is 0 Å². The predicted octanol–water partition coefficient (Wildman–Crippen LogP) is 4.11. The summed E-state index contributed by atoms with van der Waals surface area (Å²) in [6.07, 6.45) is 3.43. The van der Waals surface area contributed by atoms with Gasteiger partial charge >= 0.3 is 0 Å². The van der Waals surface area contributed by atoms with Crippen molar-refractivity contribution < 1.29 is 4.79 Å². The van der Waals surface area contributed by atoms with E-state index in [4.69, 9.17) is 5.26 Å². The van der Waals surface area contributed by atoms with E-state index in [-0.39, 0.29) is 5.78 Å². The van der Waals surface area contributed by atoms with Gasteiger partial charge in [0, 0.05) is 12.5 Å². The summed E-state index contributed by atoms with van der Waals surface area (Å²) in [7, 11) is 0. The molecule has 0 saturated heterocycles. The molecule has 0 N–H and O–H groups in total. The molecule has 0 aliphatic heterocycles. The maximum atomic E-state index is 11.7. The van der Waals surface area contributed by atoms with Gasteiger partial charge in [0.15, 0.2) is 5.78 Å². The Labute approximate surface area is 113 Å². The number of benzene rings is 2. The summed E-state index contributed by atoms with van der Waals surface area (Å²) in [4.78, 5) is 11.7. The van der Waals surface area contributed by atoms with Crippen molar-refractivity contribution in [2.24, 2.45) is 0 Å². The molecule has 2 nitrogen and oxygen atoms in total. The normalized spacial score (nSPS) is 9.26. The van der Waals surface area contributed by atoms with Crippen molar-refractivity contribution in [1.82, 2.24) is 0 Å². The van der Waals surface area contributed by atoms with Crippen LogP contribution < -0.4 is 0 Å². The molecule has 19 heavy (non-hydrogen) atoms. The zero-order chi connectivity index (χ0) is 13.9. The lowest BCUT2D eigenvalue weighted by Gasteiger charge is -1.94. The van der Waals surface area contributed by atoms with Crippen LogP contribution in [0.15, 0.2) is 66.7 Å². The van der Waals surface area contributed by atoms with Crippen LogP contribution in [0, 0.1) is 11.3 Å². The van der Waals surface area contributed by atoms with Gasteiger partial charge in [-0.25, -0.2) is 0 Å². The van der Waals surface area contributed by atoms with Crippen molar-refractivity contribution in [3.05, 3.63) is 77.9 Å². The monoisotopic (exact) mass is 249 g/mol. The van der Waals surface area contributed by atoms with Crippen LogP contribution in [0.2, 0.25) is 0 Å². The van der Waals surface area contributed by atoms with Crippen LogP contribution in [-0.4, -0.2) is 5.78 Å². The average molecular weight is 249 g/mol. The van der Waals surface area contributed by atoms with Crippen molar-refractivity contribution in [3.8, 4) is 6.07 Å². The minimum atomic E-state index is 0.0319. The van der Waals surface area contributed by atoms with Crippen LogP contribution in [-0.2, 0) is 0 Å². The number of rotatable bonds is 3. The molecule has 0 aliphatic rings. The molecule has 2 aromatic rings. The second kappa shape index (κ2) is 8.43. The first-order valence-electron chi connectivity index (χ1n) is 5.91. The van der Waals surface area contributed by atoms with Gasteiger partial charge in [0.1, 0.15) is 0 Å². The highest BCUT2D eigenvalue weighted by atomic mass is 16.1. The van der Waals surface area contributed by atoms with Gasteiger partial charge in [-0.2, -0.15) is 5.26 Å². The fourth-order valence-electron chi connectivity index (χ4n) is 1.43. The molecule has 0 radical (unpaired) electrons. The van der Waals surface area contributed by atoms with Gasteiger partial charge in [-0.3, -0.25) is 4.79 Å². The van der Waals surface area contributed by atoms with Gasteiger partial charge in [-0.15, -0.1) is 0 Å². The summed E-state index contributed by atoms with van der Waals surface area (Å²) >= 11 is 0. The third-order valence-electron chi connectivity index (χ3n) is 2.29. The van der Waals surface area contributed by atoms with Crippen LogP contribution in [0.4, 0.5) is 0 Å². The molecule has 0 aliphatic carbocycles. The largest absolute Gasteiger partial charge is 0.289 e. The Balaban J connectivity index is 0.000000550. The van der Waals surface area contributed by atoms with E-state index in [2.05, 4.69) is 0 Å². The molecule has 0 bridgehead atoms. The second-order valence-corrected chi connectivity index (χ2v) is 3.70. The molecular weight excluding hydrogens is 234 g/mol. The molecule has 0 amide bonds. The number of hydrogen-bond donors (Lipinski definition) is 0. The van der Waals surface area contributed by atoms with Gasteiger partial charge in [-0.1, -0.05) is 66.7 Å². The van der Waals surface area contributed by atoms with E-state index >= 15 is 0 Å². The molecule has 0 saturated carbocycles. The molecule has 0 heterocycles. The van der Waals surface area contributed by atoms with E-state index < -0.39 is 0 Å². The number of nitrogens with zero attached hydrogens (tertiary/aromatic N) is 1. The highest BCUT2D eigenvalue weighted by molar-refractivity contribution is 6.06. The maximum Gasteiger partial charge on any atom is 0.185 e. The predicted molar refractivity (Wildman–Crippen MR) is 77.5 cm³/mol. The summed E-state index contributed by atoms with van der Waals surface area (Å²) in [6, 6.07) is 20.8. The highest BCUT2D eigenvalue weighted by Crippen LogP contribution is 2.05. The molecule has 0 fully saturated rings. The second-order valence-electron chi connectivity index (χ2n) is 3.70. The van der Waals surface area contributed by atoms with Crippen LogP contribution in [0.25, 0.3) is 6.08 Å². The lowest BCUT2D eigenvalue weighted by atomic mass is 10.1. The topological polar surface area (TPSA) is 40.9 Å². The zero-order valence-electron chi connectivity index (χ0n) is 10.8. The fraction of sp³-hybridized carbons (Fsp3) is 0.0588. The van der Waals surface area contributed by atoms with Gasteiger partial charge in [0.05, 0.1) is 6.07 Å². The summed E-state index contributed by atoms with van der Waals surface area (Å²) in [5, 5.41) is 7.32. The summed E-state index contributed by atoms with van der Waals surface area (Å²) in [5.74, 6) is 0.0319. The summed E-state index contributed by atoms with van der Waals surface area (Å²) in [6.45, 7) is 1.43. The Hall–Kier alpha value is -2.66. The van der Waals surface area contributed by atoms with Crippen molar-refractivity contribution in [3.63, 3.8) is 0 Å². The van der Waals surface area contributed by atoms with Crippen LogP contribution in [0.5, 0.6) is 0 Å². The number of hydrogen-bond acceptors (Lipinski definition) is 2. The van der Waals surface area contributed by atoms with Gasteiger partial charge in [0.25, 0.3) is 0 Å². The first-order valence-corrected chi connectivity index (χ1v) is 5.91. The third-order valence-corrected chi connectivity index (χ3v) is 2.29. The first kappa shape index (κ1) is 14.4. The van der Waals surface area contributed by atoms with E-state index in [1.165, 1.54) is 6.92 Å². The van der Waals surface area contributed by atoms with Gasteiger partial charge in [-0.05, 0) is 11.6 Å². The number of carbonyl (C=O) groups is 1. The Kier molecular flexibility index (Phi) is 6.39. The molecular formula is C17H15NO. The van der Waals surface area contributed by atoms with Crippen LogP contribution in [0.1, 0.15) is 22.8 Å². The third kappa shape index (κ3) is 5.47. The Bertz CT molecular complexity index is 565. The molecule has 94 valence electrons. The van der Waals surface area contributed by atoms with E-state index in [0.717, 1.165) is 11.1 Å². The maximum absolute atomic E-state index is 11.7. The van der Waals surface area contributed by atoms with Crippen molar-refractivity contribution in [2.75, 3.05) is 0 Å². The Morgan fingerprint density at radius 3 is 2.00 bits per heavy atom. The molecule has 2 aromatic carbocycles. The van der Waals surface area contributed by atoms with E-state index in [9.17, 15) is 4.79 Å². The Morgan fingerprint density at radius 2 is 1.47 bits per heavy atom. The molecule has 0 aromatic heterocycles. The number of nitriles is 1. The SMILES string of the molecule is CC#N.O=C(C=Cc1ccccc1)c1ccccc1. The first-order chi connectivity index (χ1) is 9.27. The minimum absolute atomic E-state index is 0.0319. The van der Waals surface area contributed by atoms with Crippen molar-refractivity contribution in [1.29, 1.82) is 5.26 Å². The number of ketones is 1. The zero-order valence-corrected chi connectivity index (χ0v) is 10.8. The average Bonchev–Trinajstić information content (AvgIpc) is 2.47. The number of carbonyl (C=O) groups excluding carboxylic acids is 1. The van der Waals surface area contributed by atoms with E-state index in [1.54, 1.807) is 12.1 Å². The quantitative estimate of drug-likeness (QED) is 0.606. The lowest BCUT2D eigenvalue weighted by molar-refractivity contribution is 0.104. The lowest BCUT2D eigenvalue weighted by Crippen LogP contribution is -1.92. The standard InChI is InChI=1S/C15H12O.C2H3N/c16-15(14-9-5-2-6-10-14)12-11-13-7-3-1-4-8-13;1-2-3/h1-12H;1H3. The molecule has 0 unspecified atom stereocenters. The molecule has 0 atom stereocenters. The molecule has 2 rings (SSSR count). The van der Waals surface area contributed by atoms with Gasteiger partial charge in [0.2, 0.25) is 0 Å². The summed E-state index contributed by atoms with van der Waals surface area (Å²) in [5.41, 5.74) is 1.75. The summed E-state index contributed by atoms with van der Waals surface area (Å²) < 4.78 is 0. The Morgan fingerprint density at radius 1 is 1.00 bits per heavy atom. The fourth-order valence-corrected chi connectivity index (χ4v) is 1.43. The number of allylic oxidation sites excluding steroid dienone is 1. The minimum Gasteiger partial charge on any atom is -0.289 e. The van der Waals surface area contributed by atoms with E-state index in [1.807, 2.05) is 66.7 Å². The van der Waals surface area contributed by atoms with Crippen molar-refractivity contribution >= 4 is 11.9 Å². The molecule has 2 heteroatoms. The van der Waals surface area contributed by atoms with Crippen LogP contribution in [0.3, 0.4) is 0 Å². The van der Waals surface area contributed by atoms with Crippen molar-refractivity contribution in [2.45, 2.75) is 6.92 Å². The smallest absolute Gasteiger partial charge is 0.185 e.